The molecule has 0 bridgehead atoms. The molecule has 2 aromatic rings. The first-order chi connectivity index (χ1) is 10.1. The third kappa shape index (κ3) is 4.26. The minimum Gasteiger partial charge on any atom is -0.367 e. The van der Waals surface area contributed by atoms with Crippen molar-refractivity contribution in [1.82, 2.24) is 4.98 Å². The minimum atomic E-state index is -0.214. The summed E-state index contributed by atoms with van der Waals surface area (Å²) in [5, 5.41) is 0. The second kappa shape index (κ2) is 7.18. The molecular formula is C17H22FN3. The normalized spacial score (nSPS) is 12.2. The van der Waals surface area contributed by atoms with Gasteiger partial charge in [0.1, 0.15) is 5.82 Å². The number of aromatic nitrogens is 1. The lowest BCUT2D eigenvalue weighted by atomic mass is 10.0. The van der Waals surface area contributed by atoms with Crippen LogP contribution in [0.5, 0.6) is 0 Å². The van der Waals surface area contributed by atoms with Crippen LogP contribution in [0, 0.1) is 5.82 Å². The highest BCUT2D eigenvalue weighted by molar-refractivity contribution is 5.54. The van der Waals surface area contributed by atoms with E-state index in [1.54, 1.807) is 18.5 Å². The van der Waals surface area contributed by atoms with Crippen LogP contribution in [0.2, 0.25) is 0 Å². The van der Waals surface area contributed by atoms with E-state index < -0.39 is 0 Å². The van der Waals surface area contributed by atoms with Crippen molar-refractivity contribution in [2.24, 2.45) is 5.73 Å². The SMILES string of the molecule is CCN(Cc1ccncc1)c1ccc(F)cc1CC(C)N. The molecule has 1 atom stereocenters. The van der Waals surface area contributed by atoms with Gasteiger partial charge in [-0.2, -0.15) is 0 Å². The van der Waals surface area contributed by atoms with Gasteiger partial charge in [-0.1, -0.05) is 0 Å². The summed E-state index contributed by atoms with van der Waals surface area (Å²) < 4.78 is 13.5. The molecule has 3 nitrogen and oxygen atoms in total. The van der Waals surface area contributed by atoms with Crippen molar-refractivity contribution in [3.05, 3.63) is 59.7 Å². The third-order valence-corrected chi connectivity index (χ3v) is 3.43. The molecule has 0 aliphatic carbocycles. The first-order valence-electron chi connectivity index (χ1n) is 7.28. The van der Waals surface area contributed by atoms with Gasteiger partial charge in [-0.15, -0.1) is 0 Å². The van der Waals surface area contributed by atoms with Gasteiger partial charge in [0.25, 0.3) is 0 Å². The first kappa shape index (κ1) is 15.4. The van der Waals surface area contributed by atoms with Crippen LogP contribution in [0.4, 0.5) is 10.1 Å². The number of pyridine rings is 1. The number of nitrogens with two attached hydrogens (primary N) is 1. The van der Waals surface area contributed by atoms with Gasteiger partial charge >= 0.3 is 0 Å². The molecule has 0 spiro atoms. The summed E-state index contributed by atoms with van der Waals surface area (Å²) in [5.74, 6) is -0.214. The van der Waals surface area contributed by atoms with Crippen molar-refractivity contribution in [2.45, 2.75) is 32.9 Å². The number of anilines is 1. The average molecular weight is 287 g/mol. The van der Waals surface area contributed by atoms with Gasteiger partial charge in [0.15, 0.2) is 0 Å². The summed E-state index contributed by atoms with van der Waals surface area (Å²) in [4.78, 5) is 6.26. The fourth-order valence-electron chi connectivity index (χ4n) is 2.45. The van der Waals surface area contributed by atoms with Crippen molar-refractivity contribution in [2.75, 3.05) is 11.4 Å². The summed E-state index contributed by atoms with van der Waals surface area (Å²) in [6.45, 7) is 5.66. The van der Waals surface area contributed by atoms with E-state index in [4.69, 9.17) is 5.73 Å². The summed E-state index contributed by atoms with van der Waals surface area (Å²) in [5.41, 5.74) is 9.08. The number of halogens is 1. The zero-order valence-corrected chi connectivity index (χ0v) is 12.6. The lowest BCUT2D eigenvalue weighted by Gasteiger charge is -2.26. The molecule has 0 aliphatic rings. The summed E-state index contributed by atoms with van der Waals surface area (Å²) >= 11 is 0. The molecule has 2 rings (SSSR count). The van der Waals surface area contributed by atoms with Crippen LogP contribution in [-0.2, 0) is 13.0 Å². The molecule has 0 saturated heterocycles. The topological polar surface area (TPSA) is 42.2 Å². The standard InChI is InChI=1S/C17H22FN3/c1-3-21(12-14-6-8-20-9-7-14)17-5-4-16(18)11-15(17)10-13(2)19/h4-9,11,13H,3,10,12,19H2,1-2H3. The second-order valence-corrected chi connectivity index (χ2v) is 5.32. The molecule has 0 saturated carbocycles. The molecule has 0 radical (unpaired) electrons. The quantitative estimate of drug-likeness (QED) is 0.887. The molecule has 21 heavy (non-hydrogen) atoms. The van der Waals surface area contributed by atoms with Crippen molar-refractivity contribution in [3.63, 3.8) is 0 Å². The van der Waals surface area contributed by atoms with Crippen LogP contribution < -0.4 is 10.6 Å². The Labute approximate surface area is 125 Å². The zero-order chi connectivity index (χ0) is 15.2. The van der Waals surface area contributed by atoms with E-state index in [2.05, 4.69) is 16.8 Å². The Morgan fingerprint density at radius 3 is 2.57 bits per heavy atom. The number of hydrogen-bond acceptors (Lipinski definition) is 3. The largest absolute Gasteiger partial charge is 0.367 e. The van der Waals surface area contributed by atoms with Crippen LogP contribution in [0.1, 0.15) is 25.0 Å². The number of nitrogens with zero attached hydrogens (tertiary/aromatic N) is 2. The predicted molar refractivity (Wildman–Crippen MR) is 84.7 cm³/mol. The van der Waals surface area contributed by atoms with E-state index in [1.165, 1.54) is 11.6 Å². The summed E-state index contributed by atoms with van der Waals surface area (Å²) in [7, 11) is 0. The molecule has 2 N–H and O–H groups in total. The Kier molecular flexibility index (Phi) is 5.28. The minimum absolute atomic E-state index is 0.00480. The maximum atomic E-state index is 13.5. The molecule has 0 fully saturated rings. The van der Waals surface area contributed by atoms with E-state index in [0.717, 1.165) is 24.3 Å². The summed E-state index contributed by atoms with van der Waals surface area (Å²) in [6, 6.07) is 8.94. The van der Waals surface area contributed by atoms with Crippen LogP contribution in [-0.4, -0.2) is 17.6 Å². The molecule has 1 aromatic heterocycles. The Morgan fingerprint density at radius 2 is 1.95 bits per heavy atom. The van der Waals surface area contributed by atoms with Gasteiger partial charge in [-0.25, -0.2) is 4.39 Å². The Hall–Kier alpha value is -1.94. The van der Waals surface area contributed by atoms with Gasteiger partial charge in [0.05, 0.1) is 0 Å². The van der Waals surface area contributed by atoms with E-state index >= 15 is 0 Å². The lowest BCUT2D eigenvalue weighted by Crippen LogP contribution is -2.25. The molecular weight excluding hydrogens is 265 g/mol. The van der Waals surface area contributed by atoms with Crippen molar-refractivity contribution in [3.8, 4) is 0 Å². The highest BCUT2D eigenvalue weighted by Crippen LogP contribution is 2.24. The van der Waals surface area contributed by atoms with Crippen molar-refractivity contribution >= 4 is 5.69 Å². The third-order valence-electron chi connectivity index (χ3n) is 3.43. The maximum absolute atomic E-state index is 13.5. The molecule has 0 amide bonds. The molecule has 1 aromatic carbocycles. The number of hydrogen-bond donors (Lipinski definition) is 1. The molecule has 1 unspecified atom stereocenters. The monoisotopic (exact) mass is 287 g/mol. The van der Waals surface area contributed by atoms with Crippen molar-refractivity contribution in [1.29, 1.82) is 0 Å². The highest BCUT2D eigenvalue weighted by Gasteiger charge is 2.12. The Morgan fingerprint density at radius 1 is 1.24 bits per heavy atom. The van der Waals surface area contributed by atoms with E-state index in [9.17, 15) is 4.39 Å². The molecule has 1 heterocycles. The van der Waals surface area contributed by atoms with Crippen LogP contribution in [0.15, 0.2) is 42.7 Å². The van der Waals surface area contributed by atoms with E-state index in [0.29, 0.717) is 6.42 Å². The fraction of sp³-hybridized carbons (Fsp3) is 0.353. The second-order valence-electron chi connectivity index (χ2n) is 5.32. The fourth-order valence-corrected chi connectivity index (χ4v) is 2.45. The zero-order valence-electron chi connectivity index (χ0n) is 12.6. The molecule has 4 heteroatoms. The summed E-state index contributed by atoms with van der Waals surface area (Å²) in [6.07, 6.45) is 4.24. The van der Waals surface area contributed by atoms with E-state index in [-0.39, 0.29) is 11.9 Å². The van der Waals surface area contributed by atoms with E-state index in [1.807, 2.05) is 25.1 Å². The van der Waals surface area contributed by atoms with Crippen molar-refractivity contribution < 1.29 is 4.39 Å². The smallest absolute Gasteiger partial charge is 0.123 e. The molecule has 112 valence electrons. The maximum Gasteiger partial charge on any atom is 0.123 e. The highest BCUT2D eigenvalue weighted by atomic mass is 19.1. The van der Waals surface area contributed by atoms with Gasteiger partial charge in [0.2, 0.25) is 0 Å². The van der Waals surface area contributed by atoms with Gasteiger partial charge < -0.3 is 10.6 Å². The van der Waals surface area contributed by atoms with Gasteiger partial charge in [0, 0.05) is 37.2 Å². The van der Waals surface area contributed by atoms with Crippen LogP contribution in [0.3, 0.4) is 0 Å². The van der Waals surface area contributed by atoms with Crippen LogP contribution >= 0.6 is 0 Å². The van der Waals surface area contributed by atoms with Gasteiger partial charge in [-0.05, 0) is 61.7 Å². The van der Waals surface area contributed by atoms with Gasteiger partial charge in [-0.3, -0.25) is 4.98 Å². The van der Waals surface area contributed by atoms with Crippen LogP contribution in [0.25, 0.3) is 0 Å². The molecule has 0 aliphatic heterocycles. The average Bonchev–Trinajstić information content (AvgIpc) is 2.46. The Balaban J connectivity index is 2.28. The first-order valence-corrected chi connectivity index (χ1v) is 7.28. The lowest BCUT2D eigenvalue weighted by molar-refractivity contribution is 0.621. The number of rotatable bonds is 6. The Bertz CT molecular complexity index is 570. The number of benzene rings is 1. The predicted octanol–water partition coefficient (Wildman–Crippen LogP) is 3.14.